The van der Waals surface area contributed by atoms with Gasteiger partial charge in [0.1, 0.15) is 0 Å². The summed E-state index contributed by atoms with van der Waals surface area (Å²) < 4.78 is 0. The number of rotatable bonds is 19. The summed E-state index contributed by atoms with van der Waals surface area (Å²) in [6.45, 7) is 8.51. The molecule has 180 valence electrons. The Bertz CT molecular complexity index is 352. The Balaban J connectivity index is -0.000000211. The first-order valence-electron chi connectivity index (χ1n) is 12.6. The van der Waals surface area contributed by atoms with Crippen molar-refractivity contribution in [2.75, 3.05) is 0 Å². The molecule has 0 saturated heterocycles. The van der Waals surface area contributed by atoms with Gasteiger partial charge in [-0.05, 0) is 18.3 Å². The quantitative estimate of drug-likeness (QED) is 0.110. The van der Waals surface area contributed by atoms with E-state index >= 15 is 0 Å². The van der Waals surface area contributed by atoms with Crippen LogP contribution in [0.1, 0.15) is 140 Å². The first-order chi connectivity index (χ1) is 13.9. The maximum atomic E-state index is 10.7. The van der Waals surface area contributed by atoms with Crippen LogP contribution in [-0.2, 0) is 4.79 Å². The third-order valence-corrected chi connectivity index (χ3v) is 6.06. The van der Waals surface area contributed by atoms with Crippen LogP contribution in [0.25, 0.3) is 0 Å². The summed E-state index contributed by atoms with van der Waals surface area (Å²) in [5.41, 5.74) is 10.6. The van der Waals surface area contributed by atoms with Gasteiger partial charge < -0.3 is 19.4 Å². The van der Waals surface area contributed by atoms with Gasteiger partial charge in [0.25, 0.3) is 0 Å². The van der Waals surface area contributed by atoms with Gasteiger partial charge in [-0.3, -0.25) is 4.79 Å². The molecule has 2 atom stereocenters. The smallest absolute Gasteiger partial charge is 1.00 e. The molecule has 0 aliphatic carbocycles. The van der Waals surface area contributed by atoms with Gasteiger partial charge in [-0.25, -0.2) is 0 Å². The van der Waals surface area contributed by atoms with Crippen LogP contribution in [-0.4, -0.2) is 55.0 Å². The Morgan fingerprint density at radius 1 is 0.767 bits per heavy atom. The molecule has 0 aliphatic heterocycles. The second-order valence-electron chi connectivity index (χ2n) is 8.87. The van der Waals surface area contributed by atoms with E-state index in [9.17, 15) is 4.79 Å². The fourth-order valence-corrected chi connectivity index (χ4v) is 3.42. The zero-order chi connectivity index (χ0) is 22.3. The molecule has 0 aromatic rings. The Hall–Kier alpha value is 0.650. The van der Waals surface area contributed by atoms with E-state index in [1.54, 1.807) is 0 Å². The molecule has 2 unspecified atom stereocenters. The second kappa shape index (κ2) is 27.7. The van der Waals surface area contributed by atoms with E-state index in [-0.39, 0.29) is 46.8 Å². The fraction of sp³-hybridized carbons (Fsp3) is 0.960. The van der Waals surface area contributed by atoms with Gasteiger partial charge in [-0.2, -0.15) is 0 Å². The summed E-state index contributed by atoms with van der Waals surface area (Å²) in [7, 11) is 0. The number of nitrogens with two attached hydrogens (primary N) is 2. The van der Waals surface area contributed by atoms with E-state index in [1.165, 1.54) is 83.5 Å². The van der Waals surface area contributed by atoms with Crippen LogP contribution in [0.15, 0.2) is 0 Å². The molecule has 0 rings (SSSR count). The molecule has 0 aliphatic rings. The van der Waals surface area contributed by atoms with Gasteiger partial charge in [-0.15, -0.1) is 0 Å². The monoisotopic (exact) mass is 456 g/mol. The first-order valence-corrected chi connectivity index (χ1v) is 12.6. The Morgan fingerprint density at radius 3 is 1.43 bits per heavy atom. The van der Waals surface area contributed by atoms with Crippen LogP contribution in [0.3, 0.4) is 0 Å². The Morgan fingerprint density at radius 2 is 1.17 bits per heavy atom. The molecule has 0 bridgehead atoms. The van der Waals surface area contributed by atoms with Crippen LogP contribution >= 0.6 is 0 Å². The van der Waals surface area contributed by atoms with Crippen molar-refractivity contribution in [3.8, 4) is 0 Å². The van der Waals surface area contributed by atoms with E-state index in [0.717, 1.165) is 19.3 Å². The third kappa shape index (κ3) is 28.6. The normalized spacial score (nSPS) is 12.6. The molecule has 0 amide bonds. The number of carbonyl (C=O) groups is 1. The van der Waals surface area contributed by atoms with Gasteiger partial charge >= 0.3 is 43.7 Å². The number of carboxylic acid groups (broad SMARTS) is 1. The van der Waals surface area contributed by atoms with E-state index < -0.39 is 5.97 Å². The van der Waals surface area contributed by atoms with Crippen molar-refractivity contribution in [1.82, 2.24) is 0 Å². The molecule has 0 aromatic heterocycles. The van der Waals surface area contributed by atoms with Gasteiger partial charge in [0.15, 0.2) is 0 Å². The van der Waals surface area contributed by atoms with E-state index in [4.69, 9.17) is 16.6 Å². The van der Waals surface area contributed by atoms with Crippen LogP contribution < -0.4 is 11.5 Å². The first kappa shape index (κ1) is 35.2. The van der Waals surface area contributed by atoms with Crippen LogP contribution in [0.4, 0.5) is 0 Å². The predicted octanol–water partition coefficient (Wildman–Crippen LogP) is 7.09. The summed E-state index contributed by atoms with van der Waals surface area (Å²) >= 11 is 0. The summed E-state index contributed by atoms with van der Waals surface area (Å²) in [5, 5.41) is 8.82. The number of hydrogen-bond acceptors (Lipinski definition) is 3. The summed E-state index contributed by atoms with van der Waals surface area (Å²) in [6.07, 6.45) is 21.3. The van der Waals surface area contributed by atoms with Crippen molar-refractivity contribution in [1.29, 1.82) is 0 Å². The topological polar surface area (TPSA) is 89.3 Å². The molecule has 30 heavy (non-hydrogen) atoms. The largest absolute Gasteiger partial charge is 2.00 e. The molecule has 0 fully saturated rings. The molecular formula is C25H56CaN2O2. The third-order valence-electron chi connectivity index (χ3n) is 6.06. The van der Waals surface area contributed by atoms with Crippen LogP contribution in [0.5, 0.6) is 0 Å². The predicted molar refractivity (Wildman–Crippen MR) is 136 cm³/mol. The average Bonchev–Trinajstić information content (AvgIpc) is 2.69. The molecule has 0 spiro atoms. The van der Waals surface area contributed by atoms with E-state index in [0.29, 0.717) is 18.3 Å². The Labute approximate surface area is 221 Å². The van der Waals surface area contributed by atoms with Crippen molar-refractivity contribution < 1.29 is 12.8 Å². The number of aliphatic carboxylic acids is 1. The Kier molecular flexibility index (Phi) is 32.5. The van der Waals surface area contributed by atoms with Crippen LogP contribution in [0.2, 0.25) is 0 Å². The van der Waals surface area contributed by atoms with Crippen molar-refractivity contribution >= 4 is 43.7 Å². The average molecular weight is 457 g/mol. The molecule has 5 heteroatoms. The van der Waals surface area contributed by atoms with E-state index in [2.05, 4.69) is 20.8 Å². The zero-order valence-corrected chi connectivity index (χ0v) is 23.2. The van der Waals surface area contributed by atoms with Gasteiger partial charge in [-0.1, -0.05) is 124 Å². The maximum Gasteiger partial charge on any atom is 2.00 e. The van der Waals surface area contributed by atoms with Crippen molar-refractivity contribution in [3.05, 3.63) is 0 Å². The van der Waals surface area contributed by atoms with Gasteiger partial charge in [0.2, 0.25) is 0 Å². The zero-order valence-electron chi connectivity index (χ0n) is 23.0. The fourth-order valence-electron chi connectivity index (χ4n) is 3.42. The summed E-state index contributed by atoms with van der Waals surface area (Å²) in [6, 6.07) is 0. The molecular weight excluding hydrogens is 400 g/mol. The van der Waals surface area contributed by atoms with Gasteiger partial charge in [0, 0.05) is 6.42 Å². The minimum absolute atomic E-state index is 0. The van der Waals surface area contributed by atoms with Crippen molar-refractivity contribution in [3.63, 3.8) is 0 Å². The molecule has 0 saturated carbocycles. The summed E-state index contributed by atoms with van der Waals surface area (Å²) in [4.78, 5) is 10.7. The van der Waals surface area contributed by atoms with Gasteiger partial charge in [0.05, 0.1) is 6.17 Å². The SMILES string of the molecule is CCC(C)C(N)N.CCCCCCCCCCCCCCCC(CC)CC(=O)O.[Ca+2].[H-].[H-]. The number of unbranched alkanes of at least 4 members (excludes halogenated alkanes) is 12. The second-order valence-corrected chi connectivity index (χ2v) is 8.87. The standard InChI is InChI=1S/C20H40O2.C5H14N2.Ca.2H/c1-3-5-6-7-8-9-10-11-12-13-14-15-16-17-19(4-2)18-20(21)22;1-3-4(2)5(6)7;;;/h19H,3-18H2,1-2H3,(H,21,22);4-5H,3,6-7H2,1-2H3;;;/q;;+2;2*-1. The summed E-state index contributed by atoms with van der Waals surface area (Å²) in [5.74, 6) is 0.215. The maximum absolute atomic E-state index is 10.7. The van der Waals surface area contributed by atoms with Crippen molar-refractivity contribution in [2.45, 2.75) is 143 Å². The number of hydrogen-bond donors (Lipinski definition) is 3. The molecule has 5 N–H and O–H groups in total. The minimum atomic E-state index is -0.637. The van der Waals surface area contributed by atoms with Crippen molar-refractivity contribution in [2.24, 2.45) is 23.3 Å². The van der Waals surface area contributed by atoms with E-state index in [1.807, 2.05) is 6.92 Å². The minimum Gasteiger partial charge on any atom is -1.00 e. The molecule has 0 heterocycles. The van der Waals surface area contributed by atoms with Crippen LogP contribution in [0, 0.1) is 11.8 Å². The molecule has 0 radical (unpaired) electrons. The number of carboxylic acids is 1. The molecule has 0 aromatic carbocycles. The molecule has 4 nitrogen and oxygen atoms in total.